The third-order valence-electron chi connectivity index (χ3n) is 4.83. The minimum atomic E-state index is -0.303. The summed E-state index contributed by atoms with van der Waals surface area (Å²) in [6, 6.07) is 2.92. The maximum Gasteiger partial charge on any atom is 0.227 e. The largest absolute Gasteiger partial charge is 0.481 e. The maximum absolute atomic E-state index is 12.5. The molecule has 3 rings (SSSR count). The van der Waals surface area contributed by atoms with Crippen LogP contribution in [-0.2, 0) is 4.79 Å². The highest BCUT2D eigenvalue weighted by molar-refractivity contribution is 5.81. The average Bonchev–Trinajstić information content (AvgIpc) is 3.39. The number of carbonyl (C=O) groups excluding carboxylic acids is 1. The summed E-state index contributed by atoms with van der Waals surface area (Å²) in [6.45, 7) is 7.62. The third-order valence-corrected chi connectivity index (χ3v) is 4.83. The predicted octanol–water partition coefficient (Wildman–Crippen LogP) is 2.49. The zero-order valence-corrected chi connectivity index (χ0v) is 15.2. The summed E-state index contributed by atoms with van der Waals surface area (Å²) >= 11 is 0. The molecule has 0 aromatic carbocycles. The quantitative estimate of drug-likeness (QED) is 0.848. The van der Waals surface area contributed by atoms with Gasteiger partial charge in [-0.2, -0.15) is 0 Å². The number of ether oxygens (including phenoxy) is 1. The summed E-state index contributed by atoms with van der Waals surface area (Å²) < 4.78 is 5.25. The lowest BCUT2D eigenvalue weighted by Gasteiger charge is -2.41. The van der Waals surface area contributed by atoms with Crippen LogP contribution in [0.5, 0.6) is 5.88 Å². The Bertz CT molecular complexity index is 587. The van der Waals surface area contributed by atoms with E-state index in [0.717, 1.165) is 31.7 Å². The first-order valence-corrected chi connectivity index (χ1v) is 8.84. The molecule has 0 spiro atoms. The fraction of sp³-hybridized carbons (Fsp3) is 0.722. The Hall–Kier alpha value is -1.85. The normalized spacial score (nSPS) is 19.2. The Balaban J connectivity index is 1.70. The summed E-state index contributed by atoms with van der Waals surface area (Å²) in [4.78, 5) is 25.5. The second-order valence-corrected chi connectivity index (χ2v) is 7.83. The minimum Gasteiger partial charge on any atom is -0.481 e. The second kappa shape index (κ2) is 6.57. The standard InChI is InChI=1S/C18H28N4O2/c1-18(2,3)17(23)21-9-7-14(8-10-21)22(13-5-6-13)15-11-16(24-4)20-12-19-15/h11-14H,5-10H2,1-4H3. The van der Waals surface area contributed by atoms with Crippen molar-refractivity contribution in [2.45, 2.75) is 58.5 Å². The van der Waals surface area contributed by atoms with Gasteiger partial charge in [0.15, 0.2) is 0 Å². The van der Waals surface area contributed by atoms with Gasteiger partial charge in [-0.05, 0) is 25.7 Å². The van der Waals surface area contributed by atoms with E-state index in [2.05, 4.69) is 14.9 Å². The molecule has 1 aliphatic carbocycles. The average molecular weight is 332 g/mol. The van der Waals surface area contributed by atoms with Gasteiger partial charge < -0.3 is 14.5 Å². The highest BCUT2D eigenvalue weighted by atomic mass is 16.5. The molecule has 0 atom stereocenters. The highest BCUT2D eigenvalue weighted by Gasteiger charge is 2.38. The fourth-order valence-electron chi connectivity index (χ4n) is 3.43. The Labute approximate surface area is 144 Å². The van der Waals surface area contributed by atoms with Gasteiger partial charge in [-0.1, -0.05) is 20.8 Å². The monoisotopic (exact) mass is 332 g/mol. The van der Waals surface area contributed by atoms with Gasteiger partial charge in [-0.15, -0.1) is 0 Å². The second-order valence-electron chi connectivity index (χ2n) is 7.83. The Morgan fingerprint density at radius 1 is 1.17 bits per heavy atom. The minimum absolute atomic E-state index is 0.252. The van der Waals surface area contributed by atoms with Gasteiger partial charge in [0.2, 0.25) is 11.8 Å². The van der Waals surface area contributed by atoms with Gasteiger partial charge >= 0.3 is 0 Å². The molecule has 132 valence electrons. The van der Waals surface area contributed by atoms with E-state index in [0.29, 0.717) is 18.0 Å². The molecule has 1 saturated carbocycles. The number of nitrogens with zero attached hydrogens (tertiary/aromatic N) is 4. The Morgan fingerprint density at radius 3 is 2.33 bits per heavy atom. The fourth-order valence-corrected chi connectivity index (χ4v) is 3.43. The molecule has 2 aliphatic rings. The number of rotatable bonds is 4. The topological polar surface area (TPSA) is 58.6 Å². The van der Waals surface area contributed by atoms with Crippen LogP contribution >= 0.6 is 0 Å². The van der Waals surface area contributed by atoms with Crippen LogP contribution in [0.1, 0.15) is 46.5 Å². The van der Waals surface area contributed by atoms with Gasteiger partial charge in [0.1, 0.15) is 12.1 Å². The molecule has 1 aromatic rings. The van der Waals surface area contributed by atoms with Crippen molar-refractivity contribution in [1.29, 1.82) is 0 Å². The zero-order chi connectivity index (χ0) is 17.3. The number of piperidine rings is 1. The van der Waals surface area contributed by atoms with Crippen LogP contribution in [-0.4, -0.2) is 53.1 Å². The van der Waals surface area contributed by atoms with E-state index in [1.807, 2.05) is 31.7 Å². The van der Waals surface area contributed by atoms with Crippen LogP contribution in [0.3, 0.4) is 0 Å². The molecule has 6 heteroatoms. The molecule has 2 fully saturated rings. The van der Waals surface area contributed by atoms with Gasteiger partial charge in [-0.3, -0.25) is 4.79 Å². The highest BCUT2D eigenvalue weighted by Crippen LogP contribution is 2.36. The number of hydrogen-bond acceptors (Lipinski definition) is 5. The first-order chi connectivity index (χ1) is 11.4. The lowest BCUT2D eigenvalue weighted by Crippen LogP contribution is -2.50. The number of likely N-dealkylation sites (tertiary alicyclic amines) is 1. The lowest BCUT2D eigenvalue weighted by atomic mass is 9.92. The molecular formula is C18H28N4O2. The molecule has 0 unspecified atom stereocenters. The summed E-state index contributed by atoms with van der Waals surface area (Å²) in [5.41, 5.74) is -0.303. The number of amides is 1. The molecule has 0 N–H and O–H groups in total. The Morgan fingerprint density at radius 2 is 1.79 bits per heavy atom. The van der Waals surface area contributed by atoms with Crippen molar-refractivity contribution in [1.82, 2.24) is 14.9 Å². The van der Waals surface area contributed by atoms with Crippen LogP contribution in [0.15, 0.2) is 12.4 Å². The van der Waals surface area contributed by atoms with Crippen LogP contribution in [0, 0.1) is 5.41 Å². The third kappa shape index (κ3) is 3.62. The first kappa shape index (κ1) is 17.0. The van der Waals surface area contributed by atoms with Crippen LogP contribution in [0.4, 0.5) is 5.82 Å². The molecular weight excluding hydrogens is 304 g/mol. The molecule has 1 amide bonds. The maximum atomic E-state index is 12.5. The van der Waals surface area contributed by atoms with E-state index in [-0.39, 0.29) is 11.3 Å². The van der Waals surface area contributed by atoms with Crippen molar-refractivity contribution >= 4 is 11.7 Å². The summed E-state index contributed by atoms with van der Waals surface area (Å²) in [6.07, 6.45) is 5.98. The van der Waals surface area contributed by atoms with Crippen LogP contribution in [0.2, 0.25) is 0 Å². The molecule has 1 saturated heterocycles. The molecule has 24 heavy (non-hydrogen) atoms. The van der Waals surface area contributed by atoms with Crippen molar-refractivity contribution in [2.24, 2.45) is 5.41 Å². The van der Waals surface area contributed by atoms with E-state index in [4.69, 9.17) is 4.74 Å². The van der Waals surface area contributed by atoms with E-state index in [1.165, 1.54) is 12.8 Å². The van der Waals surface area contributed by atoms with Gasteiger partial charge in [0, 0.05) is 36.7 Å². The summed E-state index contributed by atoms with van der Waals surface area (Å²) in [5.74, 6) is 1.80. The van der Waals surface area contributed by atoms with Gasteiger partial charge in [0.05, 0.1) is 7.11 Å². The number of anilines is 1. The van der Waals surface area contributed by atoms with E-state index < -0.39 is 0 Å². The summed E-state index contributed by atoms with van der Waals surface area (Å²) in [5, 5.41) is 0. The van der Waals surface area contributed by atoms with Crippen LogP contribution < -0.4 is 9.64 Å². The Kier molecular flexibility index (Phi) is 4.65. The van der Waals surface area contributed by atoms with E-state index in [1.54, 1.807) is 13.4 Å². The smallest absolute Gasteiger partial charge is 0.227 e. The molecule has 1 aliphatic heterocycles. The predicted molar refractivity (Wildman–Crippen MR) is 93.1 cm³/mol. The molecule has 0 bridgehead atoms. The SMILES string of the molecule is COc1cc(N(C2CC2)C2CCN(C(=O)C(C)(C)C)CC2)ncn1. The van der Waals surface area contributed by atoms with Crippen molar-refractivity contribution in [3.05, 3.63) is 12.4 Å². The molecule has 6 nitrogen and oxygen atoms in total. The summed E-state index contributed by atoms with van der Waals surface area (Å²) in [7, 11) is 1.63. The lowest BCUT2D eigenvalue weighted by molar-refractivity contribution is -0.140. The van der Waals surface area contributed by atoms with E-state index >= 15 is 0 Å². The molecule has 0 radical (unpaired) electrons. The van der Waals surface area contributed by atoms with Crippen molar-refractivity contribution in [3.63, 3.8) is 0 Å². The van der Waals surface area contributed by atoms with E-state index in [9.17, 15) is 4.79 Å². The number of methoxy groups -OCH3 is 1. The molecule has 2 heterocycles. The number of carbonyl (C=O) groups is 1. The zero-order valence-electron chi connectivity index (χ0n) is 15.2. The van der Waals surface area contributed by atoms with Gasteiger partial charge in [-0.25, -0.2) is 9.97 Å². The molecule has 1 aromatic heterocycles. The number of hydrogen-bond donors (Lipinski definition) is 0. The van der Waals surface area contributed by atoms with Gasteiger partial charge in [0.25, 0.3) is 0 Å². The van der Waals surface area contributed by atoms with Crippen molar-refractivity contribution in [2.75, 3.05) is 25.1 Å². The van der Waals surface area contributed by atoms with Crippen molar-refractivity contribution < 1.29 is 9.53 Å². The van der Waals surface area contributed by atoms with Crippen LogP contribution in [0.25, 0.3) is 0 Å². The van der Waals surface area contributed by atoms with Crippen molar-refractivity contribution in [3.8, 4) is 5.88 Å². The first-order valence-electron chi connectivity index (χ1n) is 8.84. The number of aromatic nitrogens is 2.